The van der Waals surface area contributed by atoms with Crippen LogP contribution in [0.5, 0.6) is 0 Å². The number of hydrogen-bond donors (Lipinski definition) is 2. The lowest BCUT2D eigenvalue weighted by Gasteiger charge is -2.21. The van der Waals surface area contributed by atoms with Crippen LogP contribution in [0.25, 0.3) is 0 Å². The quantitative estimate of drug-likeness (QED) is 0.476. The van der Waals surface area contributed by atoms with Crippen molar-refractivity contribution < 1.29 is 23.1 Å². The molecule has 0 aliphatic rings. The molecule has 0 aliphatic carbocycles. The van der Waals surface area contributed by atoms with E-state index in [0.29, 0.717) is 6.54 Å². The number of carboxylic acids is 1. The van der Waals surface area contributed by atoms with E-state index in [1.54, 1.807) is 13.1 Å². The van der Waals surface area contributed by atoms with Gasteiger partial charge in [-0.2, -0.15) is 0 Å². The molecule has 2 N–H and O–H groups in total. The predicted octanol–water partition coefficient (Wildman–Crippen LogP) is 0.482. The summed E-state index contributed by atoms with van der Waals surface area (Å²) in [6, 6.07) is -1.74. The molecule has 0 fully saturated rings. The highest BCUT2D eigenvalue weighted by molar-refractivity contribution is 7.90. The number of sulfone groups is 1. The van der Waals surface area contributed by atoms with E-state index >= 15 is 0 Å². The molecule has 0 spiro atoms. The van der Waals surface area contributed by atoms with E-state index in [1.165, 1.54) is 4.90 Å². The number of nitrogens with one attached hydrogen (secondary N) is 1. The first-order valence-corrected chi connectivity index (χ1v) is 8.26. The van der Waals surface area contributed by atoms with Gasteiger partial charge in [-0.1, -0.05) is 6.08 Å². The number of unbranched alkanes of at least 4 members (excludes halogenated alkanes) is 1. The molecule has 0 saturated carbocycles. The van der Waals surface area contributed by atoms with E-state index in [9.17, 15) is 18.0 Å². The number of carbonyl (C=O) groups is 2. The van der Waals surface area contributed by atoms with Gasteiger partial charge in [-0.3, -0.25) is 0 Å². The number of nitrogens with zero attached hydrogens (tertiary/aromatic N) is 1. The molecule has 2 amide bonds. The Morgan fingerprint density at radius 2 is 2.05 bits per heavy atom. The first-order valence-electron chi connectivity index (χ1n) is 6.20. The highest BCUT2D eigenvalue weighted by Crippen LogP contribution is 2.00. The van der Waals surface area contributed by atoms with Crippen molar-refractivity contribution in [1.29, 1.82) is 0 Å². The summed E-state index contributed by atoms with van der Waals surface area (Å²) < 4.78 is 22.1. The Kier molecular flexibility index (Phi) is 7.90. The molecular weight excluding hydrogens is 284 g/mol. The number of aliphatic carboxylic acids is 1. The van der Waals surface area contributed by atoms with Crippen molar-refractivity contribution in [3.63, 3.8) is 0 Å². The van der Waals surface area contributed by atoms with Crippen molar-refractivity contribution >= 4 is 21.8 Å². The molecule has 0 heterocycles. The van der Waals surface area contributed by atoms with Crippen LogP contribution in [0.2, 0.25) is 0 Å². The molecular formula is C12H22N2O5S. The van der Waals surface area contributed by atoms with E-state index < -0.39 is 27.9 Å². The van der Waals surface area contributed by atoms with Crippen LogP contribution in [0.1, 0.15) is 19.3 Å². The monoisotopic (exact) mass is 306 g/mol. The molecule has 1 atom stereocenters. The molecule has 0 aromatic carbocycles. The number of hydrogen-bond acceptors (Lipinski definition) is 4. The minimum absolute atomic E-state index is 0.152. The zero-order valence-electron chi connectivity index (χ0n) is 11.8. The van der Waals surface area contributed by atoms with Crippen molar-refractivity contribution in [2.45, 2.75) is 25.3 Å². The van der Waals surface area contributed by atoms with Gasteiger partial charge in [0.15, 0.2) is 0 Å². The number of carboxylic acid groups (broad SMARTS) is 1. The van der Waals surface area contributed by atoms with E-state index in [0.717, 1.165) is 19.1 Å². The first kappa shape index (κ1) is 18.4. The fraction of sp³-hybridized carbons (Fsp3) is 0.667. The largest absolute Gasteiger partial charge is 0.480 e. The summed E-state index contributed by atoms with van der Waals surface area (Å²) in [5.74, 6) is -1.54. The van der Waals surface area contributed by atoms with E-state index in [1.807, 2.05) is 0 Å². The van der Waals surface area contributed by atoms with Crippen LogP contribution in [0.15, 0.2) is 12.7 Å². The van der Waals surface area contributed by atoms with E-state index in [2.05, 4.69) is 11.9 Å². The summed E-state index contributed by atoms with van der Waals surface area (Å²) in [4.78, 5) is 24.1. The van der Waals surface area contributed by atoms with Crippen LogP contribution in [-0.2, 0) is 14.6 Å². The van der Waals surface area contributed by atoms with Gasteiger partial charge < -0.3 is 15.3 Å². The van der Waals surface area contributed by atoms with Crippen molar-refractivity contribution in [3.05, 3.63) is 12.7 Å². The third kappa shape index (κ3) is 8.52. The fourth-order valence-electron chi connectivity index (χ4n) is 1.42. The minimum atomic E-state index is -3.27. The van der Waals surface area contributed by atoms with Gasteiger partial charge in [-0.25, -0.2) is 18.0 Å². The summed E-state index contributed by atoms with van der Waals surface area (Å²) in [5, 5.41) is 11.3. The summed E-state index contributed by atoms with van der Waals surface area (Å²) in [7, 11) is -1.72. The van der Waals surface area contributed by atoms with Crippen LogP contribution in [0, 0.1) is 0 Å². The third-order valence-electron chi connectivity index (χ3n) is 2.62. The molecule has 0 aromatic rings. The fourth-order valence-corrected chi connectivity index (χ4v) is 2.09. The second-order valence-corrected chi connectivity index (χ2v) is 6.87. The average Bonchev–Trinajstić information content (AvgIpc) is 2.32. The lowest BCUT2D eigenvalue weighted by molar-refractivity contribution is -0.139. The second kappa shape index (κ2) is 8.57. The number of carbonyl (C=O) groups excluding carboxylic acids is 1. The van der Waals surface area contributed by atoms with Crippen LogP contribution in [0.4, 0.5) is 4.79 Å². The first-order chi connectivity index (χ1) is 9.17. The van der Waals surface area contributed by atoms with Gasteiger partial charge in [0.1, 0.15) is 15.9 Å². The van der Waals surface area contributed by atoms with E-state index in [-0.39, 0.29) is 12.2 Å². The Balaban J connectivity index is 4.40. The molecule has 1 unspecified atom stereocenters. The highest BCUT2D eigenvalue weighted by atomic mass is 32.2. The third-order valence-corrected chi connectivity index (χ3v) is 3.60. The summed E-state index contributed by atoms with van der Waals surface area (Å²) >= 11 is 0. The van der Waals surface area contributed by atoms with Gasteiger partial charge in [0.2, 0.25) is 0 Å². The minimum Gasteiger partial charge on any atom is -0.480 e. The second-order valence-electron chi connectivity index (χ2n) is 4.61. The summed E-state index contributed by atoms with van der Waals surface area (Å²) in [6.45, 7) is 4.04. The highest BCUT2D eigenvalue weighted by Gasteiger charge is 2.22. The molecule has 0 rings (SSSR count). The van der Waals surface area contributed by atoms with Crippen LogP contribution >= 0.6 is 0 Å². The number of rotatable bonds is 9. The van der Waals surface area contributed by atoms with Gasteiger partial charge in [0.25, 0.3) is 0 Å². The number of amides is 2. The Morgan fingerprint density at radius 3 is 2.50 bits per heavy atom. The average molecular weight is 306 g/mol. The van der Waals surface area contributed by atoms with Crippen LogP contribution in [0.3, 0.4) is 0 Å². The SMILES string of the molecule is C=CCCCN(C)C(=O)NC(CCS(C)(=O)=O)C(=O)O. The molecule has 0 radical (unpaired) electrons. The number of urea groups is 1. The van der Waals surface area contributed by atoms with Crippen molar-refractivity contribution in [2.75, 3.05) is 25.6 Å². The standard InChI is InChI=1S/C12H22N2O5S/c1-4-5-6-8-14(2)12(17)13-10(11(15)16)7-9-20(3,18)19/h4,10H,1,5-9H2,2-3H3,(H,13,17)(H,15,16). The van der Waals surface area contributed by atoms with Crippen molar-refractivity contribution in [3.8, 4) is 0 Å². The van der Waals surface area contributed by atoms with Crippen LogP contribution < -0.4 is 5.32 Å². The zero-order chi connectivity index (χ0) is 15.8. The topological polar surface area (TPSA) is 104 Å². The van der Waals surface area contributed by atoms with E-state index in [4.69, 9.17) is 5.11 Å². The Bertz CT molecular complexity index is 447. The molecule has 0 saturated heterocycles. The van der Waals surface area contributed by atoms with Crippen molar-refractivity contribution in [1.82, 2.24) is 10.2 Å². The van der Waals surface area contributed by atoms with Gasteiger partial charge >= 0.3 is 12.0 Å². The molecule has 0 bridgehead atoms. The lowest BCUT2D eigenvalue weighted by atomic mass is 10.2. The number of allylic oxidation sites excluding steroid dienone is 1. The van der Waals surface area contributed by atoms with Gasteiger partial charge in [-0.05, 0) is 19.3 Å². The Morgan fingerprint density at radius 1 is 1.45 bits per heavy atom. The Hall–Kier alpha value is -1.57. The lowest BCUT2D eigenvalue weighted by Crippen LogP contribution is -2.47. The summed E-state index contributed by atoms with van der Waals surface area (Å²) in [6.07, 6.45) is 4.09. The molecule has 0 aliphatic heterocycles. The summed E-state index contributed by atoms with van der Waals surface area (Å²) in [5.41, 5.74) is 0. The molecule has 0 aromatic heterocycles. The maximum atomic E-state index is 11.8. The van der Waals surface area contributed by atoms with Gasteiger partial charge in [0, 0.05) is 19.8 Å². The molecule has 116 valence electrons. The molecule has 20 heavy (non-hydrogen) atoms. The Labute approximate surface area is 119 Å². The van der Waals surface area contributed by atoms with Crippen LogP contribution in [-0.4, -0.2) is 62.1 Å². The molecule has 8 heteroatoms. The normalized spacial score (nSPS) is 12.5. The van der Waals surface area contributed by atoms with Gasteiger partial charge in [0.05, 0.1) is 5.75 Å². The molecule has 7 nitrogen and oxygen atoms in total. The maximum absolute atomic E-state index is 11.8. The predicted molar refractivity (Wildman–Crippen MR) is 76.3 cm³/mol. The van der Waals surface area contributed by atoms with Gasteiger partial charge in [-0.15, -0.1) is 6.58 Å². The zero-order valence-corrected chi connectivity index (χ0v) is 12.6. The van der Waals surface area contributed by atoms with Crippen molar-refractivity contribution in [2.24, 2.45) is 0 Å². The smallest absolute Gasteiger partial charge is 0.326 e. The maximum Gasteiger partial charge on any atom is 0.326 e.